The monoisotopic (exact) mass is 275 g/mol. The summed E-state index contributed by atoms with van der Waals surface area (Å²) in [7, 11) is 1.68. The summed E-state index contributed by atoms with van der Waals surface area (Å²) in [5.41, 5.74) is 0. The minimum absolute atomic E-state index is 0.0896. The van der Waals surface area contributed by atoms with Crippen LogP contribution in [0.25, 0.3) is 0 Å². The second kappa shape index (κ2) is 8.34. The molecule has 1 atom stereocenters. The largest absolute Gasteiger partial charge is 0.382 e. The van der Waals surface area contributed by atoms with Crippen molar-refractivity contribution < 1.29 is 9.47 Å². The topological polar surface area (TPSA) is 46.1 Å². The number of halogens is 1. The first kappa shape index (κ1) is 15.3. The van der Waals surface area contributed by atoms with Crippen LogP contribution in [0, 0.1) is 0 Å². The Morgan fingerprint density at radius 2 is 2.44 bits per heavy atom. The minimum Gasteiger partial charge on any atom is -0.382 e. The van der Waals surface area contributed by atoms with Gasteiger partial charge in [0.25, 0.3) is 0 Å². The fourth-order valence-electron chi connectivity index (χ4n) is 1.78. The van der Waals surface area contributed by atoms with Gasteiger partial charge in [-0.25, -0.2) is 4.99 Å². The zero-order valence-corrected chi connectivity index (χ0v) is 11.9. The molecule has 0 aromatic rings. The van der Waals surface area contributed by atoms with Crippen molar-refractivity contribution in [3.05, 3.63) is 11.6 Å². The summed E-state index contributed by atoms with van der Waals surface area (Å²) < 4.78 is 10.7. The van der Waals surface area contributed by atoms with Gasteiger partial charge in [-0.1, -0.05) is 18.2 Å². The van der Waals surface area contributed by atoms with E-state index in [9.17, 15) is 0 Å². The number of aliphatic imine (C=N–C) groups is 1. The molecule has 1 N–H and O–H groups in total. The molecule has 5 nitrogen and oxygen atoms in total. The van der Waals surface area contributed by atoms with Crippen LogP contribution >= 0.6 is 11.6 Å². The number of rotatable bonds is 5. The molecule has 1 rings (SSSR count). The van der Waals surface area contributed by atoms with E-state index in [1.165, 1.54) is 0 Å². The van der Waals surface area contributed by atoms with Gasteiger partial charge in [-0.15, -0.1) is 0 Å². The van der Waals surface area contributed by atoms with Crippen molar-refractivity contribution in [1.29, 1.82) is 0 Å². The van der Waals surface area contributed by atoms with Crippen molar-refractivity contribution in [2.75, 3.05) is 46.5 Å². The van der Waals surface area contributed by atoms with Crippen molar-refractivity contribution in [3.8, 4) is 0 Å². The quantitative estimate of drug-likeness (QED) is 0.602. The van der Waals surface area contributed by atoms with Crippen molar-refractivity contribution in [2.24, 2.45) is 4.99 Å². The molecule has 0 radical (unpaired) electrons. The van der Waals surface area contributed by atoms with E-state index in [1.807, 2.05) is 6.92 Å². The molecule has 0 spiro atoms. The first-order chi connectivity index (χ1) is 8.67. The van der Waals surface area contributed by atoms with Gasteiger partial charge < -0.3 is 19.7 Å². The third kappa shape index (κ3) is 5.25. The smallest absolute Gasteiger partial charge is 0.194 e. The average molecular weight is 276 g/mol. The van der Waals surface area contributed by atoms with Gasteiger partial charge in [0.05, 0.1) is 25.9 Å². The van der Waals surface area contributed by atoms with Gasteiger partial charge >= 0.3 is 0 Å². The Bertz CT molecular complexity index is 295. The number of hydrogen-bond acceptors (Lipinski definition) is 3. The van der Waals surface area contributed by atoms with Crippen LogP contribution in [0.2, 0.25) is 0 Å². The van der Waals surface area contributed by atoms with Crippen LogP contribution < -0.4 is 5.32 Å². The van der Waals surface area contributed by atoms with Gasteiger partial charge in [0, 0.05) is 31.8 Å². The molecule has 1 unspecified atom stereocenters. The van der Waals surface area contributed by atoms with Gasteiger partial charge in [0.15, 0.2) is 5.96 Å². The minimum atomic E-state index is 0.0896. The molecule has 0 aliphatic carbocycles. The molecule has 0 aromatic heterocycles. The van der Waals surface area contributed by atoms with Gasteiger partial charge in [-0.2, -0.15) is 0 Å². The Hall–Kier alpha value is -0.780. The summed E-state index contributed by atoms with van der Waals surface area (Å²) in [5.74, 6) is 0.851. The summed E-state index contributed by atoms with van der Waals surface area (Å²) in [6, 6.07) is 0. The summed E-state index contributed by atoms with van der Waals surface area (Å²) in [6.45, 7) is 9.80. The number of methoxy groups -OCH3 is 1. The number of guanidine groups is 1. The first-order valence-electron chi connectivity index (χ1n) is 6.14. The summed E-state index contributed by atoms with van der Waals surface area (Å²) >= 11 is 5.75. The van der Waals surface area contributed by atoms with Crippen LogP contribution in [0.4, 0.5) is 0 Å². The van der Waals surface area contributed by atoms with E-state index in [4.69, 9.17) is 21.1 Å². The Kier molecular flexibility index (Phi) is 7.08. The number of morpholine rings is 1. The van der Waals surface area contributed by atoms with Crippen LogP contribution in [-0.2, 0) is 9.47 Å². The van der Waals surface area contributed by atoms with Crippen LogP contribution in [0.3, 0.4) is 0 Å². The molecular weight excluding hydrogens is 254 g/mol. The standard InChI is InChI=1S/C12H22ClN3O2/c1-4-14-12(15-7-10(2)13)16-5-6-18-11(8-16)9-17-3/h11H,2,4-9H2,1,3H3,(H,14,15). The first-order valence-corrected chi connectivity index (χ1v) is 6.52. The SMILES string of the molecule is C=C(Cl)CN=C(NCC)N1CCOC(COC)C1. The predicted octanol–water partition coefficient (Wildman–Crippen LogP) is 1.05. The zero-order valence-electron chi connectivity index (χ0n) is 11.1. The Labute approximate surface area is 114 Å². The highest BCUT2D eigenvalue weighted by Gasteiger charge is 2.22. The molecule has 1 aliphatic rings. The van der Waals surface area contributed by atoms with E-state index in [0.717, 1.165) is 25.6 Å². The van der Waals surface area contributed by atoms with E-state index in [0.29, 0.717) is 24.8 Å². The number of nitrogens with zero attached hydrogens (tertiary/aromatic N) is 2. The lowest BCUT2D eigenvalue weighted by molar-refractivity contribution is -0.0447. The van der Waals surface area contributed by atoms with Crippen LogP contribution in [0.15, 0.2) is 16.6 Å². The van der Waals surface area contributed by atoms with Gasteiger partial charge in [-0.3, -0.25) is 0 Å². The lowest BCUT2D eigenvalue weighted by Gasteiger charge is -2.34. The highest BCUT2D eigenvalue weighted by atomic mass is 35.5. The summed E-state index contributed by atoms with van der Waals surface area (Å²) in [4.78, 5) is 6.60. The fraction of sp³-hybridized carbons (Fsp3) is 0.750. The molecule has 1 fully saturated rings. The maximum absolute atomic E-state index is 5.75. The summed E-state index contributed by atoms with van der Waals surface area (Å²) in [5, 5.41) is 3.78. The third-order valence-electron chi connectivity index (χ3n) is 2.53. The lowest BCUT2D eigenvalue weighted by atomic mass is 10.3. The second-order valence-corrected chi connectivity index (χ2v) is 4.62. The molecule has 0 amide bonds. The number of hydrogen-bond donors (Lipinski definition) is 1. The van der Waals surface area contributed by atoms with Gasteiger partial charge in [0.2, 0.25) is 0 Å². The Balaban J connectivity index is 2.60. The fourth-order valence-corrected chi connectivity index (χ4v) is 1.84. The van der Waals surface area contributed by atoms with Crippen molar-refractivity contribution in [3.63, 3.8) is 0 Å². The highest BCUT2D eigenvalue weighted by Crippen LogP contribution is 2.07. The molecular formula is C12H22ClN3O2. The third-order valence-corrected chi connectivity index (χ3v) is 2.65. The van der Waals surface area contributed by atoms with Crippen molar-refractivity contribution in [1.82, 2.24) is 10.2 Å². The summed E-state index contributed by atoms with van der Waals surface area (Å²) in [6.07, 6.45) is 0.0896. The van der Waals surface area contributed by atoms with Crippen molar-refractivity contribution >= 4 is 17.6 Å². The molecule has 1 aliphatic heterocycles. The lowest BCUT2D eigenvalue weighted by Crippen LogP contribution is -2.51. The van der Waals surface area contributed by atoms with E-state index in [-0.39, 0.29) is 6.10 Å². The predicted molar refractivity (Wildman–Crippen MR) is 74.2 cm³/mol. The van der Waals surface area contributed by atoms with Crippen molar-refractivity contribution in [2.45, 2.75) is 13.0 Å². The Morgan fingerprint density at radius 1 is 1.67 bits per heavy atom. The van der Waals surface area contributed by atoms with Gasteiger partial charge in [0.1, 0.15) is 0 Å². The molecule has 0 saturated carbocycles. The second-order valence-electron chi connectivity index (χ2n) is 4.08. The zero-order chi connectivity index (χ0) is 13.4. The van der Waals surface area contributed by atoms with Crippen LogP contribution in [-0.4, -0.2) is 63.5 Å². The molecule has 0 aromatic carbocycles. The molecule has 1 saturated heterocycles. The Morgan fingerprint density at radius 3 is 3.06 bits per heavy atom. The van der Waals surface area contributed by atoms with E-state index >= 15 is 0 Å². The van der Waals surface area contributed by atoms with Crippen LogP contribution in [0.1, 0.15) is 6.92 Å². The number of ether oxygens (including phenoxy) is 2. The molecule has 0 bridgehead atoms. The molecule has 104 valence electrons. The van der Waals surface area contributed by atoms with E-state index < -0.39 is 0 Å². The maximum Gasteiger partial charge on any atom is 0.194 e. The van der Waals surface area contributed by atoms with E-state index in [2.05, 4.69) is 21.8 Å². The van der Waals surface area contributed by atoms with E-state index in [1.54, 1.807) is 7.11 Å². The molecule has 18 heavy (non-hydrogen) atoms. The normalized spacial score (nSPS) is 20.9. The molecule has 1 heterocycles. The molecule has 6 heteroatoms. The van der Waals surface area contributed by atoms with Gasteiger partial charge in [-0.05, 0) is 6.92 Å². The maximum atomic E-state index is 5.75. The average Bonchev–Trinajstić information content (AvgIpc) is 2.35. The van der Waals surface area contributed by atoms with Crippen LogP contribution in [0.5, 0.6) is 0 Å². The number of nitrogens with one attached hydrogen (secondary N) is 1. The highest BCUT2D eigenvalue weighted by molar-refractivity contribution is 6.29.